The smallest absolute Gasteiger partial charge is 0.264 e. The summed E-state index contributed by atoms with van der Waals surface area (Å²) in [5.41, 5.74) is 0.727. The van der Waals surface area contributed by atoms with Gasteiger partial charge in [0.25, 0.3) is 11.5 Å². The summed E-state index contributed by atoms with van der Waals surface area (Å²) in [5.74, 6) is 0.178. The van der Waals surface area contributed by atoms with Gasteiger partial charge in [-0.2, -0.15) is 0 Å². The predicted octanol–water partition coefficient (Wildman–Crippen LogP) is 3.67. The molecule has 4 aromatic rings. The molecule has 154 valence electrons. The van der Waals surface area contributed by atoms with Gasteiger partial charge in [-0.15, -0.1) is 0 Å². The number of rotatable bonds is 8. The molecule has 0 aliphatic rings. The van der Waals surface area contributed by atoms with Crippen LogP contribution in [-0.4, -0.2) is 35.3 Å². The van der Waals surface area contributed by atoms with Gasteiger partial charge in [0.15, 0.2) is 11.7 Å². The van der Waals surface area contributed by atoms with Crippen molar-refractivity contribution in [3.05, 3.63) is 65.1 Å². The molecule has 30 heavy (non-hydrogen) atoms. The molecule has 2 aromatic heterocycles. The van der Waals surface area contributed by atoms with Gasteiger partial charge in [-0.1, -0.05) is 29.5 Å². The lowest BCUT2D eigenvalue weighted by Crippen LogP contribution is -2.22. The normalized spacial score (nSPS) is 11.1. The largest absolute Gasteiger partial charge is 0.483 e. The van der Waals surface area contributed by atoms with E-state index in [0.29, 0.717) is 41.4 Å². The van der Waals surface area contributed by atoms with Crippen molar-refractivity contribution in [3.8, 4) is 5.75 Å². The van der Waals surface area contributed by atoms with Crippen molar-refractivity contribution in [2.45, 2.75) is 13.5 Å². The molecule has 0 unspecified atom stereocenters. The summed E-state index contributed by atoms with van der Waals surface area (Å²) in [7, 11) is 0. The Bertz CT molecular complexity index is 1220. The average molecular weight is 423 g/mol. The van der Waals surface area contributed by atoms with Gasteiger partial charge in [0.05, 0.1) is 22.2 Å². The molecule has 0 saturated carbocycles. The van der Waals surface area contributed by atoms with Gasteiger partial charge in [-0.3, -0.25) is 14.9 Å². The highest BCUT2D eigenvalue weighted by molar-refractivity contribution is 7.22. The number of benzene rings is 2. The highest BCUT2D eigenvalue weighted by Crippen LogP contribution is 2.26. The Hall–Kier alpha value is -3.23. The number of aromatic nitrogens is 2. The fourth-order valence-electron chi connectivity index (χ4n) is 3.12. The Labute approximate surface area is 176 Å². The molecule has 1 N–H and O–H groups in total. The molecule has 4 rings (SSSR count). The summed E-state index contributed by atoms with van der Waals surface area (Å²) < 4.78 is 13.7. The molecule has 0 atom stereocenters. The maximum atomic E-state index is 12.7. The van der Waals surface area contributed by atoms with Crippen LogP contribution in [0.25, 0.3) is 21.0 Å². The third kappa shape index (κ3) is 4.34. The number of fused-ring (bicyclic) bond motifs is 2. The zero-order valence-electron chi connectivity index (χ0n) is 16.5. The zero-order valence-corrected chi connectivity index (χ0v) is 17.3. The lowest BCUT2D eigenvalue weighted by Gasteiger charge is -2.11. The predicted molar refractivity (Wildman–Crippen MR) is 118 cm³/mol. The van der Waals surface area contributed by atoms with Crippen LogP contribution >= 0.6 is 11.3 Å². The third-order valence-electron chi connectivity index (χ3n) is 4.56. The summed E-state index contributed by atoms with van der Waals surface area (Å²) in [6, 6.07) is 14.8. The number of para-hydroxylation sites is 1. The quantitative estimate of drug-likeness (QED) is 0.437. The van der Waals surface area contributed by atoms with Crippen LogP contribution in [0.5, 0.6) is 5.75 Å². The Balaban J connectivity index is 1.46. The molecule has 8 heteroatoms. The Morgan fingerprint density at radius 2 is 2.00 bits per heavy atom. The van der Waals surface area contributed by atoms with E-state index in [4.69, 9.17) is 9.47 Å². The minimum atomic E-state index is -0.309. The third-order valence-corrected chi connectivity index (χ3v) is 5.51. The topological polar surface area (TPSA) is 82.4 Å². The number of nitrogens with zero attached hydrogens (tertiary/aromatic N) is 2. The molecule has 2 aromatic carbocycles. The van der Waals surface area contributed by atoms with Crippen LogP contribution in [0, 0.1) is 0 Å². The minimum absolute atomic E-state index is 0.114. The van der Waals surface area contributed by atoms with E-state index >= 15 is 0 Å². The number of hydrogen-bond acceptors (Lipinski definition) is 6. The molecule has 0 spiro atoms. The molecule has 0 aliphatic carbocycles. The summed E-state index contributed by atoms with van der Waals surface area (Å²) in [6.45, 7) is 3.31. The van der Waals surface area contributed by atoms with Gasteiger partial charge in [-0.25, -0.2) is 4.98 Å². The van der Waals surface area contributed by atoms with E-state index in [1.807, 2.05) is 37.3 Å². The number of carbonyl (C=O) groups excluding carboxylic acids is 1. The number of carbonyl (C=O) groups is 1. The van der Waals surface area contributed by atoms with E-state index in [1.165, 1.54) is 11.3 Å². The molecule has 2 heterocycles. The Kier molecular flexibility index (Phi) is 6.06. The van der Waals surface area contributed by atoms with Crippen LogP contribution in [0.2, 0.25) is 0 Å². The SMILES string of the molecule is CCOCCn1ccc2c(OCC(=O)Nc3nc4ccccc4s3)cccc2c1=O. The number of hydrogen-bond donors (Lipinski definition) is 1. The molecule has 0 saturated heterocycles. The van der Waals surface area contributed by atoms with E-state index < -0.39 is 0 Å². The van der Waals surface area contributed by atoms with Gasteiger partial charge < -0.3 is 14.0 Å². The van der Waals surface area contributed by atoms with Crippen molar-refractivity contribution in [2.75, 3.05) is 25.1 Å². The number of amides is 1. The van der Waals surface area contributed by atoms with Crippen LogP contribution < -0.4 is 15.6 Å². The number of thiazole rings is 1. The van der Waals surface area contributed by atoms with Crippen LogP contribution in [0.4, 0.5) is 5.13 Å². The number of ether oxygens (including phenoxy) is 2. The minimum Gasteiger partial charge on any atom is -0.483 e. The first-order valence-corrected chi connectivity index (χ1v) is 10.5. The van der Waals surface area contributed by atoms with Crippen LogP contribution in [0.1, 0.15) is 6.92 Å². The Morgan fingerprint density at radius 3 is 2.83 bits per heavy atom. The van der Waals surface area contributed by atoms with Crippen LogP contribution in [0.3, 0.4) is 0 Å². The second kappa shape index (κ2) is 9.06. The van der Waals surface area contributed by atoms with Gasteiger partial charge in [0.2, 0.25) is 0 Å². The average Bonchev–Trinajstić information content (AvgIpc) is 3.16. The highest BCUT2D eigenvalue weighted by Gasteiger charge is 2.11. The standard InChI is InChI=1S/C22H21N3O4S/c1-2-28-13-12-25-11-10-15-16(21(25)27)6-5-8-18(15)29-14-20(26)24-22-23-17-7-3-4-9-19(17)30-22/h3-11H,2,12-14H2,1H3,(H,23,24,26). The molecular weight excluding hydrogens is 402 g/mol. The van der Waals surface area contributed by atoms with Crippen molar-refractivity contribution in [1.29, 1.82) is 0 Å². The molecule has 0 radical (unpaired) electrons. The van der Waals surface area contributed by atoms with E-state index in [2.05, 4.69) is 10.3 Å². The van der Waals surface area contributed by atoms with E-state index in [1.54, 1.807) is 29.0 Å². The van der Waals surface area contributed by atoms with Crippen molar-refractivity contribution in [3.63, 3.8) is 0 Å². The van der Waals surface area contributed by atoms with Gasteiger partial charge in [0, 0.05) is 24.7 Å². The first-order valence-electron chi connectivity index (χ1n) is 9.64. The van der Waals surface area contributed by atoms with Crippen molar-refractivity contribution in [1.82, 2.24) is 9.55 Å². The molecule has 1 amide bonds. The van der Waals surface area contributed by atoms with E-state index in [9.17, 15) is 9.59 Å². The molecule has 7 nitrogen and oxygen atoms in total. The lowest BCUT2D eigenvalue weighted by molar-refractivity contribution is -0.118. The first-order chi connectivity index (χ1) is 14.7. The second-order valence-corrected chi connectivity index (χ2v) is 7.58. The number of pyridine rings is 1. The lowest BCUT2D eigenvalue weighted by atomic mass is 10.1. The van der Waals surface area contributed by atoms with Crippen LogP contribution in [0.15, 0.2) is 59.5 Å². The van der Waals surface area contributed by atoms with Crippen molar-refractivity contribution in [2.24, 2.45) is 0 Å². The highest BCUT2D eigenvalue weighted by atomic mass is 32.1. The van der Waals surface area contributed by atoms with E-state index in [0.717, 1.165) is 10.2 Å². The summed E-state index contributed by atoms with van der Waals surface area (Å²) in [6.07, 6.45) is 1.72. The Morgan fingerprint density at radius 1 is 1.13 bits per heavy atom. The summed E-state index contributed by atoms with van der Waals surface area (Å²) in [5, 5.41) is 4.50. The van der Waals surface area contributed by atoms with Crippen molar-refractivity contribution >= 4 is 43.4 Å². The van der Waals surface area contributed by atoms with Crippen molar-refractivity contribution < 1.29 is 14.3 Å². The number of anilines is 1. The van der Waals surface area contributed by atoms with Gasteiger partial charge in [0.1, 0.15) is 5.75 Å². The summed E-state index contributed by atoms with van der Waals surface area (Å²) >= 11 is 1.41. The fourth-order valence-corrected chi connectivity index (χ4v) is 4.00. The molecule has 0 fully saturated rings. The molecular formula is C22H21N3O4S. The maximum Gasteiger partial charge on any atom is 0.264 e. The zero-order chi connectivity index (χ0) is 20.9. The fraction of sp³-hybridized carbons (Fsp3) is 0.227. The van der Waals surface area contributed by atoms with Gasteiger partial charge in [-0.05, 0) is 37.3 Å². The van der Waals surface area contributed by atoms with Crippen LogP contribution in [-0.2, 0) is 16.1 Å². The maximum absolute atomic E-state index is 12.7. The molecule has 0 aliphatic heterocycles. The monoisotopic (exact) mass is 423 g/mol. The summed E-state index contributed by atoms with van der Waals surface area (Å²) in [4.78, 5) is 29.4. The second-order valence-electron chi connectivity index (χ2n) is 6.55. The van der Waals surface area contributed by atoms with E-state index in [-0.39, 0.29) is 18.1 Å². The number of nitrogens with one attached hydrogen (secondary N) is 1. The molecule has 0 bridgehead atoms. The first kappa shape index (κ1) is 20.1. The van der Waals surface area contributed by atoms with Gasteiger partial charge >= 0.3 is 0 Å².